The van der Waals surface area contributed by atoms with E-state index in [1.165, 1.54) is 11.1 Å². The van der Waals surface area contributed by atoms with E-state index >= 15 is 0 Å². The number of benzene rings is 1. The number of nitrogens with one attached hydrogen (secondary N) is 1. The van der Waals surface area contributed by atoms with Crippen molar-refractivity contribution in [3.63, 3.8) is 0 Å². The van der Waals surface area contributed by atoms with Crippen LogP contribution >= 0.6 is 0 Å². The second kappa shape index (κ2) is 7.07. The Bertz CT molecular complexity index is 508. The second-order valence-corrected chi connectivity index (χ2v) is 4.38. The summed E-state index contributed by atoms with van der Waals surface area (Å²) < 4.78 is 10.7. The van der Waals surface area contributed by atoms with Crippen LogP contribution in [0.15, 0.2) is 34.9 Å². The number of hydrogen-bond donors (Lipinski definition) is 1. The zero-order valence-corrected chi connectivity index (χ0v) is 11.5. The molecule has 1 aromatic heterocycles. The molecule has 0 saturated heterocycles. The van der Waals surface area contributed by atoms with E-state index in [-0.39, 0.29) is 0 Å². The highest BCUT2D eigenvalue weighted by Crippen LogP contribution is 2.10. The summed E-state index contributed by atoms with van der Waals surface area (Å²) in [7, 11) is 1.71. The van der Waals surface area contributed by atoms with Crippen LogP contribution in [0.5, 0.6) is 0 Å². The molecule has 2 rings (SSSR count). The van der Waals surface area contributed by atoms with Crippen molar-refractivity contribution in [2.45, 2.75) is 33.0 Å². The van der Waals surface area contributed by atoms with Crippen LogP contribution in [0.1, 0.15) is 29.7 Å². The standard InChI is InChI=1S/C15H20N2O2/c1-3-14-9-17-15(19-14)10-16-8-12-6-4-5-7-13(12)11-18-2/h4-7,9,16H,3,8,10-11H2,1-2H3. The van der Waals surface area contributed by atoms with Gasteiger partial charge in [-0.2, -0.15) is 0 Å². The molecule has 1 aromatic carbocycles. The van der Waals surface area contributed by atoms with Gasteiger partial charge in [0.1, 0.15) is 5.76 Å². The Morgan fingerprint density at radius 3 is 2.68 bits per heavy atom. The average molecular weight is 260 g/mol. The first-order valence-electron chi connectivity index (χ1n) is 6.53. The largest absolute Gasteiger partial charge is 0.444 e. The number of aryl methyl sites for hydroxylation is 1. The minimum absolute atomic E-state index is 0.636. The number of aromatic nitrogens is 1. The van der Waals surface area contributed by atoms with Gasteiger partial charge in [-0.25, -0.2) is 4.98 Å². The van der Waals surface area contributed by atoms with Crippen LogP contribution in [0.25, 0.3) is 0 Å². The molecule has 1 N–H and O–H groups in total. The number of nitrogens with zero attached hydrogens (tertiary/aromatic N) is 1. The normalized spacial score (nSPS) is 10.8. The van der Waals surface area contributed by atoms with E-state index in [0.29, 0.717) is 13.2 Å². The van der Waals surface area contributed by atoms with Crippen LogP contribution < -0.4 is 5.32 Å². The predicted molar refractivity (Wildman–Crippen MR) is 73.6 cm³/mol. The van der Waals surface area contributed by atoms with E-state index in [4.69, 9.17) is 9.15 Å². The van der Waals surface area contributed by atoms with Crippen molar-refractivity contribution in [3.8, 4) is 0 Å². The van der Waals surface area contributed by atoms with Gasteiger partial charge in [-0.05, 0) is 11.1 Å². The number of hydrogen-bond acceptors (Lipinski definition) is 4. The zero-order valence-electron chi connectivity index (χ0n) is 11.5. The summed E-state index contributed by atoms with van der Waals surface area (Å²) in [5.74, 6) is 1.66. The van der Waals surface area contributed by atoms with Crippen LogP contribution in [0, 0.1) is 0 Å². The fourth-order valence-corrected chi connectivity index (χ4v) is 1.92. The van der Waals surface area contributed by atoms with Crippen LogP contribution in [0.2, 0.25) is 0 Å². The minimum Gasteiger partial charge on any atom is -0.444 e. The molecule has 0 aliphatic carbocycles. The number of ether oxygens (including phenoxy) is 1. The molecular formula is C15H20N2O2. The molecule has 4 nitrogen and oxygen atoms in total. The molecule has 0 aliphatic rings. The highest BCUT2D eigenvalue weighted by molar-refractivity contribution is 5.26. The van der Waals surface area contributed by atoms with Gasteiger partial charge in [0.2, 0.25) is 5.89 Å². The Hall–Kier alpha value is -1.65. The summed E-state index contributed by atoms with van der Waals surface area (Å²) in [5, 5.41) is 3.34. The summed E-state index contributed by atoms with van der Waals surface area (Å²) >= 11 is 0. The summed E-state index contributed by atoms with van der Waals surface area (Å²) in [6, 6.07) is 8.26. The van der Waals surface area contributed by atoms with E-state index in [1.54, 1.807) is 13.3 Å². The maximum Gasteiger partial charge on any atom is 0.208 e. The Balaban J connectivity index is 1.88. The fraction of sp³-hybridized carbons (Fsp3) is 0.400. The molecule has 0 fully saturated rings. The molecule has 0 saturated carbocycles. The van der Waals surface area contributed by atoms with Crippen molar-refractivity contribution >= 4 is 0 Å². The summed E-state index contributed by atoms with van der Waals surface area (Å²) in [5.41, 5.74) is 2.45. The molecule has 0 spiro atoms. The predicted octanol–water partition coefficient (Wildman–Crippen LogP) is 2.67. The number of rotatable bonds is 7. The van der Waals surface area contributed by atoms with Crippen molar-refractivity contribution < 1.29 is 9.15 Å². The maximum atomic E-state index is 5.55. The van der Waals surface area contributed by atoms with E-state index in [2.05, 4.69) is 29.4 Å². The zero-order chi connectivity index (χ0) is 13.5. The van der Waals surface area contributed by atoms with Crippen molar-refractivity contribution in [1.29, 1.82) is 0 Å². The summed E-state index contributed by atoms with van der Waals surface area (Å²) in [4.78, 5) is 4.22. The summed E-state index contributed by atoms with van der Waals surface area (Å²) in [6.07, 6.45) is 2.67. The van der Waals surface area contributed by atoms with Gasteiger partial charge >= 0.3 is 0 Å². The lowest BCUT2D eigenvalue weighted by Crippen LogP contribution is -2.14. The van der Waals surface area contributed by atoms with Gasteiger partial charge in [0.25, 0.3) is 0 Å². The lowest BCUT2D eigenvalue weighted by Gasteiger charge is -2.08. The average Bonchev–Trinajstić information content (AvgIpc) is 2.89. The Labute approximate surface area is 113 Å². The van der Waals surface area contributed by atoms with E-state index in [1.807, 2.05) is 12.1 Å². The van der Waals surface area contributed by atoms with Crippen LogP contribution in [-0.4, -0.2) is 12.1 Å². The molecule has 0 atom stereocenters. The van der Waals surface area contributed by atoms with Crippen LogP contribution in [0.4, 0.5) is 0 Å². The topological polar surface area (TPSA) is 47.3 Å². The van der Waals surface area contributed by atoms with Gasteiger partial charge in [-0.3, -0.25) is 0 Å². The lowest BCUT2D eigenvalue weighted by molar-refractivity contribution is 0.184. The van der Waals surface area contributed by atoms with Crippen molar-refractivity contribution in [1.82, 2.24) is 10.3 Å². The molecular weight excluding hydrogens is 240 g/mol. The number of methoxy groups -OCH3 is 1. The molecule has 19 heavy (non-hydrogen) atoms. The molecule has 0 radical (unpaired) electrons. The van der Waals surface area contributed by atoms with Crippen molar-refractivity contribution in [2.24, 2.45) is 0 Å². The highest BCUT2D eigenvalue weighted by atomic mass is 16.5. The quantitative estimate of drug-likeness (QED) is 0.831. The van der Waals surface area contributed by atoms with E-state index in [0.717, 1.165) is 24.6 Å². The first-order valence-corrected chi connectivity index (χ1v) is 6.53. The number of oxazole rings is 1. The third-order valence-electron chi connectivity index (χ3n) is 2.96. The SMILES string of the molecule is CCc1cnc(CNCc2ccccc2COC)o1. The van der Waals surface area contributed by atoms with Gasteiger partial charge in [0, 0.05) is 20.1 Å². The maximum absolute atomic E-state index is 5.55. The molecule has 102 valence electrons. The van der Waals surface area contributed by atoms with Crippen molar-refractivity contribution in [3.05, 3.63) is 53.2 Å². The minimum atomic E-state index is 0.636. The van der Waals surface area contributed by atoms with Gasteiger partial charge in [-0.1, -0.05) is 31.2 Å². The second-order valence-electron chi connectivity index (χ2n) is 4.38. The Morgan fingerprint density at radius 2 is 2.00 bits per heavy atom. The van der Waals surface area contributed by atoms with Gasteiger partial charge < -0.3 is 14.5 Å². The summed E-state index contributed by atoms with van der Waals surface area (Å²) in [6.45, 7) is 4.11. The molecule has 4 heteroatoms. The van der Waals surface area contributed by atoms with E-state index < -0.39 is 0 Å². The highest BCUT2D eigenvalue weighted by Gasteiger charge is 2.04. The smallest absolute Gasteiger partial charge is 0.208 e. The first kappa shape index (κ1) is 13.8. The lowest BCUT2D eigenvalue weighted by atomic mass is 10.1. The molecule has 0 amide bonds. The first-order chi connectivity index (χ1) is 9.33. The molecule has 0 aliphatic heterocycles. The third-order valence-corrected chi connectivity index (χ3v) is 2.96. The Morgan fingerprint density at radius 1 is 1.21 bits per heavy atom. The monoisotopic (exact) mass is 260 g/mol. The fourth-order valence-electron chi connectivity index (χ4n) is 1.92. The van der Waals surface area contributed by atoms with Gasteiger partial charge in [-0.15, -0.1) is 0 Å². The van der Waals surface area contributed by atoms with Crippen LogP contribution in [0.3, 0.4) is 0 Å². The molecule has 0 unspecified atom stereocenters. The molecule has 2 aromatic rings. The molecule has 0 bridgehead atoms. The van der Waals surface area contributed by atoms with E-state index in [9.17, 15) is 0 Å². The van der Waals surface area contributed by atoms with Gasteiger partial charge in [0.15, 0.2) is 0 Å². The molecule has 1 heterocycles. The Kier molecular flexibility index (Phi) is 5.12. The van der Waals surface area contributed by atoms with Gasteiger partial charge in [0.05, 0.1) is 19.3 Å². The third kappa shape index (κ3) is 3.91. The van der Waals surface area contributed by atoms with Crippen LogP contribution in [-0.2, 0) is 30.9 Å². The van der Waals surface area contributed by atoms with Crippen molar-refractivity contribution in [2.75, 3.05) is 7.11 Å².